The van der Waals surface area contributed by atoms with E-state index >= 15 is 0 Å². The number of hydrogen-bond donors (Lipinski definition) is 1. The molecular weight excluding hydrogens is 232 g/mol. The van der Waals surface area contributed by atoms with Crippen LogP contribution in [-0.4, -0.2) is 22.5 Å². The summed E-state index contributed by atoms with van der Waals surface area (Å²) in [6.45, 7) is 5.20. The molecule has 94 valence electrons. The molecule has 0 radical (unpaired) electrons. The molecule has 0 unspecified atom stereocenters. The first-order valence-electron chi connectivity index (χ1n) is 5.25. The maximum atomic E-state index is 11.4. The van der Waals surface area contributed by atoms with Gasteiger partial charge in [0.25, 0.3) is 0 Å². The van der Waals surface area contributed by atoms with Crippen molar-refractivity contribution in [3.8, 4) is 6.07 Å². The number of rotatable bonds is 1. The smallest absolute Gasteiger partial charge is 0.436 e. The predicted molar refractivity (Wildman–Crippen MR) is 65.9 cm³/mol. The number of nitrogens with two attached hydrogens (primary N) is 1. The van der Waals surface area contributed by atoms with E-state index in [2.05, 4.69) is 9.98 Å². The molecule has 0 aliphatic carbocycles. The monoisotopic (exact) mass is 246 g/mol. The molecule has 18 heavy (non-hydrogen) atoms. The molecule has 1 rings (SSSR count). The molecule has 0 spiro atoms. The van der Waals surface area contributed by atoms with E-state index in [0.29, 0.717) is 11.3 Å². The summed E-state index contributed by atoms with van der Waals surface area (Å²) < 4.78 is 4.99. The number of nitriles is 1. The summed E-state index contributed by atoms with van der Waals surface area (Å²) in [5.74, 6) is -0.0475. The van der Waals surface area contributed by atoms with Crippen molar-refractivity contribution in [2.45, 2.75) is 26.4 Å². The van der Waals surface area contributed by atoms with E-state index in [0.717, 1.165) is 0 Å². The molecule has 0 bridgehead atoms. The average molecular weight is 246 g/mol. The molecule has 1 aromatic heterocycles. The summed E-state index contributed by atoms with van der Waals surface area (Å²) in [7, 11) is 0. The van der Waals surface area contributed by atoms with Gasteiger partial charge in [-0.3, -0.25) is 4.98 Å². The molecule has 0 aliphatic heterocycles. The Bertz CT molecular complexity index is 506. The number of aliphatic imine (C=N–C) groups is 1. The van der Waals surface area contributed by atoms with Crippen LogP contribution in [0.3, 0.4) is 0 Å². The van der Waals surface area contributed by atoms with E-state index in [1.165, 1.54) is 12.3 Å². The molecular formula is C12H14N4O2. The Labute approximate surface area is 105 Å². The fraction of sp³-hybridized carbons (Fsp3) is 0.333. The largest absolute Gasteiger partial charge is 0.442 e. The van der Waals surface area contributed by atoms with Gasteiger partial charge in [0, 0.05) is 6.20 Å². The molecule has 6 heteroatoms. The number of nitrogens with zero attached hydrogens (tertiary/aromatic N) is 3. The maximum absolute atomic E-state index is 11.4. The predicted octanol–water partition coefficient (Wildman–Crippen LogP) is 1.59. The second-order valence-electron chi connectivity index (χ2n) is 4.52. The zero-order valence-electron chi connectivity index (χ0n) is 10.5. The minimum Gasteiger partial charge on any atom is -0.442 e. The van der Waals surface area contributed by atoms with Crippen LogP contribution >= 0.6 is 0 Å². The molecule has 0 saturated heterocycles. The molecule has 1 amide bonds. The Balaban J connectivity index is 2.83. The van der Waals surface area contributed by atoms with Crippen molar-refractivity contribution in [1.29, 1.82) is 5.26 Å². The van der Waals surface area contributed by atoms with Crippen molar-refractivity contribution in [3.05, 3.63) is 29.6 Å². The zero-order valence-corrected chi connectivity index (χ0v) is 10.5. The normalized spacial score (nSPS) is 11.8. The van der Waals surface area contributed by atoms with E-state index in [9.17, 15) is 4.79 Å². The average Bonchev–Trinajstić information content (AvgIpc) is 2.26. The van der Waals surface area contributed by atoms with Gasteiger partial charge in [-0.05, 0) is 32.9 Å². The summed E-state index contributed by atoms with van der Waals surface area (Å²) in [6.07, 6.45) is 0.582. The van der Waals surface area contributed by atoms with Gasteiger partial charge >= 0.3 is 6.09 Å². The topological polar surface area (TPSA) is 101 Å². The molecule has 1 aromatic rings. The molecule has 0 fully saturated rings. The first-order chi connectivity index (χ1) is 8.31. The number of pyridine rings is 1. The molecule has 1 heterocycles. The number of amides is 1. The van der Waals surface area contributed by atoms with Crippen molar-refractivity contribution in [1.82, 2.24) is 4.98 Å². The van der Waals surface area contributed by atoms with Crippen LogP contribution in [0.2, 0.25) is 0 Å². The number of hydrogen-bond acceptors (Lipinski definition) is 4. The van der Waals surface area contributed by atoms with Crippen molar-refractivity contribution in [3.63, 3.8) is 0 Å². The molecule has 0 saturated carbocycles. The van der Waals surface area contributed by atoms with Gasteiger partial charge in [0.1, 0.15) is 17.4 Å². The van der Waals surface area contributed by atoms with Crippen molar-refractivity contribution in [2.24, 2.45) is 10.7 Å². The molecule has 0 atom stereocenters. The van der Waals surface area contributed by atoms with Crippen LogP contribution in [0.25, 0.3) is 0 Å². The zero-order chi connectivity index (χ0) is 13.8. The van der Waals surface area contributed by atoms with E-state index in [1.807, 2.05) is 6.07 Å². The standard InChI is InChI=1S/C12H14N4O2/c1-12(2,3)18-11(17)16-10(14)9-5-4-8(6-13)7-15-9/h4-5,7H,1-3H3,(H2,14,16,17). The molecule has 0 aromatic carbocycles. The Morgan fingerprint density at radius 2 is 2.17 bits per heavy atom. The van der Waals surface area contributed by atoms with Gasteiger partial charge in [0.2, 0.25) is 0 Å². The lowest BCUT2D eigenvalue weighted by molar-refractivity contribution is 0.0604. The van der Waals surface area contributed by atoms with E-state index in [-0.39, 0.29) is 5.84 Å². The summed E-state index contributed by atoms with van der Waals surface area (Å²) in [5, 5.41) is 8.61. The summed E-state index contributed by atoms with van der Waals surface area (Å²) in [5.41, 5.74) is 5.71. The summed E-state index contributed by atoms with van der Waals surface area (Å²) >= 11 is 0. The fourth-order valence-electron chi connectivity index (χ4n) is 1.05. The van der Waals surface area contributed by atoms with Crippen LogP contribution in [0, 0.1) is 11.3 Å². The van der Waals surface area contributed by atoms with Gasteiger partial charge in [-0.1, -0.05) is 0 Å². The van der Waals surface area contributed by atoms with E-state index in [4.69, 9.17) is 15.7 Å². The van der Waals surface area contributed by atoms with Crippen molar-refractivity contribution < 1.29 is 9.53 Å². The number of aromatic nitrogens is 1. The number of carbonyl (C=O) groups is 1. The first kappa shape index (κ1) is 13.6. The Morgan fingerprint density at radius 3 is 2.61 bits per heavy atom. The second kappa shape index (κ2) is 5.27. The highest BCUT2D eigenvalue weighted by Gasteiger charge is 2.16. The second-order valence-corrected chi connectivity index (χ2v) is 4.52. The van der Waals surface area contributed by atoms with Gasteiger partial charge in [-0.15, -0.1) is 0 Å². The highest BCUT2D eigenvalue weighted by Crippen LogP contribution is 2.08. The lowest BCUT2D eigenvalue weighted by Crippen LogP contribution is -2.24. The van der Waals surface area contributed by atoms with E-state index < -0.39 is 11.7 Å². The van der Waals surface area contributed by atoms with Crippen molar-refractivity contribution in [2.75, 3.05) is 0 Å². The quantitative estimate of drug-likeness (QED) is 0.599. The summed E-state index contributed by atoms with van der Waals surface area (Å²) in [6, 6.07) is 4.99. The third kappa shape index (κ3) is 4.22. The van der Waals surface area contributed by atoms with Crippen LogP contribution in [0.15, 0.2) is 23.3 Å². The Morgan fingerprint density at radius 1 is 1.50 bits per heavy atom. The lowest BCUT2D eigenvalue weighted by Gasteiger charge is -2.17. The fourth-order valence-corrected chi connectivity index (χ4v) is 1.05. The van der Waals surface area contributed by atoms with Crippen LogP contribution in [0.1, 0.15) is 32.0 Å². The lowest BCUT2D eigenvalue weighted by atomic mass is 10.2. The highest BCUT2D eigenvalue weighted by molar-refractivity contribution is 6.01. The van der Waals surface area contributed by atoms with Gasteiger partial charge in [-0.2, -0.15) is 10.3 Å². The maximum Gasteiger partial charge on any atom is 0.436 e. The number of ether oxygens (including phenoxy) is 1. The van der Waals surface area contributed by atoms with Crippen LogP contribution in [-0.2, 0) is 4.74 Å². The number of amidine groups is 1. The number of carbonyl (C=O) groups excluding carboxylic acids is 1. The van der Waals surface area contributed by atoms with Gasteiger partial charge < -0.3 is 10.5 Å². The van der Waals surface area contributed by atoms with Gasteiger partial charge in [0.05, 0.1) is 5.56 Å². The molecule has 2 N–H and O–H groups in total. The van der Waals surface area contributed by atoms with Gasteiger partial charge in [-0.25, -0.2) is 4.79 Å². The van der Waals surface area contributed by atoms with Gasteiger partial charge in [0.15, 0.2) is 5.84 Å². The highest BCUT2D eigenvalue weighted by atomic mass is 16.6. The SMILES string of the molecule is CC(C)(C)OC(=O)N=C(N)c1ccc(C#N)cn1. The first-order valence-corrected chi connectivity index (χ1v) is 5.25. The Kier molecular flexibility index (Phi) is 4.00. The summed E-state index contributed by atoms with van der Waals surface area (Å²) in [4.78, 5) is 18.9. The van der Waals surface area contributed by atoms with E-state index in [1.54, 1.807) is 26.8 Å². The minimum atomic E-state index is -0.772. The van der Waals surface area contributed by atoms with Crippen LogP contribution in [0.5, 0.6) is 0 Å². The van der Waals surface area contributed by atoms with Crippen molar-refractivity contribution >= 4 is 11.9 Å². The van der Waals surface area contributed by atoms with Crippen LogP contribution < -0.4 is 5.73 Å². The molecule has 0 aliphatic rings. The third-order valence-corrected chi connectivity index (χ3v) is 1.76. The minimum absolute atomic E-state index is 0.0475. The van der Waals surface area contributed by atoms with Crippen LogP contribution in [0.4, 0.5) is 4.79 Å². The molecule has 6 nitrogen and oxygen atoms in total. The Hall–Kier alpha value is -2.42. The third-order valence-electron chi connectivity index (χ3n) is 1.76.